The van der Waals surface area contributed by atoms with Gasteiger partial charge in [-0.1, -0.05) is 6.58 Å². The average molecular weight is 152 g/mol. The van der Waals surface area contributed by atoms with Gasteiger partial charge in [0.05, 0.1) is 0 Å². The Morgan fingerprint density at radius 3 is 2.73 bits per heavy atom. The minimum Gasteiger partial charge on any atom is -0.529 e. The monoisotopic (exact) mass is 152 g/mol. The highest BCUT2D eigenvalue weighted by molar-refractivity contribution is 6.33. The number of carbonyl (C=O) groups is 2. The molecule has 0 unspecified atom stereocenters. The molecule has 0 aliphatic carbocycles. The van der Waals surface area contributed by atoms with Crippen molar-refractivity contribution in [3.8, 4) is 0 Å². The standard InChI is InChI=1S/C4H4B2NO4/c1-2-3(8)11-6-7-4(9)10-5/h2H,1H2,(H,7,9). The number of rotatable bonds is 3. The van der Waals surface area contributed by atoms with Gasteiger partial charge in [0.2, 0.25) is 0 Å². The SMILES string of the molecule is [B]OC(=O)N[B]OC(=O)C=C. The Labute approximate surface area is 65.5 Å². The molecule has 0 aromatic heterocycles. The Hall–Kier alpha value is -1.39. The summed E-state index contributed by atoms with van der Waals surface area (Å²) in [6.45, 7) is 3.12. The van der Waals surface area contributed by atoms with Crippen LogP contribution < -0.4 is 5.23 Å². The second-order valence-electron chi connectivity index (χ2n) is 1.31. The van der Waals surface area contributed by atoms with Gasteiger partial charge in [-0.15, -0.1) is 0 Å². The Bertz CT molecular complexity index is 171. The lowest BCUT2D eigenvalue weighted by Crippen LogP contribution is -2.30. The van der Waals surface area contributed by atoms with Crippen LogP contribution >= 0.6 is 0 Å². The Kier molecular flexibility index (Phi) is 4.72. The molecule has 1 N–H and O–H groups in total. The predicted molar refractivity (Wildman–Crippen MR) is 37.4 cm³/mol. The molecule has 1 amide bonds. The molecule has 0 saturated heterocycles. The molecular weight excluding hydrogens is 148 g/mol. The molecule has 0 aromatic rings. The molecule has 0 aromatic carbocycles. The van der Waals surface area contributed by atoms with Crippen molar-refractivity contribution in [3.05, 3.63) is 12.7 Å². The number of amides is 1. The highest BCUT2D eigenvalue weighted by Gasteiger charge is 2.03. The Morgan fingerprint density at radius 2 is 2.27 bits per heavy atom. The Balaban J connectivity index is 3.34. The molecule has 55 valence electrons. The second-order valence-corrected chi connectivity index (χ2v) is 1.31. The molecular formula is C4H4B2NO4. The fourth-order valence-electron chi connectivity index (χ4n) is 0.218. The Morgan fingerprint density at radius 1 is 1.64 bits per heavy atom. The molecule has 3 radical (unpaired) electrons. The summed E-state index contributed by atoms with van der Waals surface area (Å²) in [5, 5.41) is 1.90. The lowest BCUT2D eigenvalue weighted by atomic mass is 10.3. The van der Waals surface area contributed by atoms with Crippen LogP contribution in [0, 0.1) is 0 Å². The van der Waals surface area contributed by atoms with Gasteiger partial charge in [-0.2, -0.15) is 0 Å². The lowest BCUT2D eigenvalue weighted by molar-refractivity contribution is -0.129. The van der Waals surface area contributed by atoms with Crippen molar-refractivity contribution in [2.24, 2.45) is 0 Å². The van der Waals surface area contributed by atoms with Crippen LogP contribution in [0.15, 0.2) is 12.7 Å². The molecule has 0 saturated carbocycles. The molecule has 0 bridgehead atoms. The number of carbonyl (C=O) groups excluding carboxylic acids is 2. The van der Waals surface area contributed by atoms with Gasteiger partial charge in [0.25, 0.3) is 0 Å². The van der Waals surface area contributed by atoms with Crippen molar-refractivity contribution in [1.82, 2.24) is 5.23 Å². The van der Waals surface area contributed by atoms with Crippen LogP contribution in [0.3, 0.4) is 0 Å². The van der Waals surface area contributed by atoms with Gasteiger partial charge in [0, 0.05) is 6.08 Å². The summed E-state index contributed by atoms with van der Waals surface area (Å²) in [6.07, 6.45) is 0.00764. The first-order valence-electron chi connectivity index (χ1n) is 2.52. The predicted octanol–water partition coefficient (Wildman–Crippen LogP) is -0.941. The highest BCUT2D eigenvalue weighted by Crippen LogP contribution is 1.74. The molecule has 7 heteroatoms. The van der Waals surface area contributed by atoms with E-state index < -0.39 is 12.1 Å². The quantitative estimate of drug-likeness (QED) is 0.418. The number of nitrogens with one attached hydrogen (secondary N) is 1. The molecule has 0 fully saturated rings. The zero-order chi connectivity index (χ0) is 8.69. The van der Waals surface area contributed by atoms with E-state index in [0.717, 1.165) is 13.7 Å². The van der Waals surface area contributed by atoms with E-state index in [1.807, 2.05) is 5.23 Å². The van der Waals surface area contributed by atoms with Gasteiger partial charge in [-0.3, -0.25) is 0 Å². The molecule has 0 rings (SSSR count). The van der Waals surface area contributed by atoms with Crippen LogP contribution in [-0.2, 0) is 14.1 Å². The highest BCUT2D eigenvalue weighted by atomic mass is 16.5. The molecule has 0 heterocycles. The van der Waals surface area contributed by atoms with Crippen molar-refractivity contribution in [2.45, 2.75) is 0 Å². The van der Waals surface area contributed by atoms with E-state index >= 15 is 0 Å². The van der Waals surface area contributed by atoms with Crippen molar-refractivity contribution in [3.63, 3.8) is 0 Å². The largest absolute Gasteiger partial charge is 0.529 e. The van der Waals surface area contributed by atoms with Gasteiger partial charge in [-0.25, -0.2) is 9.59 Å². The van der Waals surface area contributed by atoms with Crippen molar-refractivity contribution < 1.29 is 18.9 Å². The zero-order valence-electron chi connectivity index (χ0n) is 5.57. The minimum absolute atomic E-state index is 0.692. The summed E-state index contributed by atoms with van der Waals surface area (Å²) in [6, 6.07) is 0. The summed E-state index contributed by atoms with van der Waals surface area (Å²) in [5.74, 6) is -0.692. The summed E-state index contributed by atoms with van der Waals surface area (Å²) < 4.78 is 7.88. The summed E-state index contributed by atoms with van der Waals surface area (Å²) in [7, 11) is 5.16. The smallest absolute Gasteiger partial charge is 0.525 e. The third kappa shape index (κ3) is 5.07. The van der Waals surface area contributed by atoms with E-state index in [1.165, 1.54) is 0 Å². The molecule has 0 atom stereocenters. The maximum Gasteiger partial charge on any atom is 0.525 e. The topological polar surface area (TPSA) is 64.6 Å². The van der Waals surface area contributed by atoms with Gasteiger partial charge < -0.3 is 14.5 Å². The number of hydrogen-bond donors (Lipinski definition) is 1. The van der Waals surface area contributed by atoms with E-state index in [2.05, 4.69) is 23.9 Å². The normalized spacial score (nSPS) is 7.64. The lowest BCUT2D eigenvalue weighted by Gasteiger charge is -2.00. The average Bonchev–Trinajstić information content (AvgIpc) is 2.04. The second kappa shape index (κ2) is 5.40. The van der Waals surface area contributed by atoms with Crippen molar-refractivity contribution in [1.29, 1.82) is 0 Å². The first-order valence-corrected chi connectivity index (χ1v) is 2.52. The third-order valence-electron chi connectivity index (χ3n) is 0.626. The molecule has 5 nitrogen and oxygen atoms in total. The minimum atomic E-state index is -0.929. The van der Waals surface area contributed by atoms with E-state index in [9.17, 15) is 9.59 Å². The molecule has 11 heavy (non-hydrogen) atoms. The third-order valence-corrected chi connectivity index (χ3v) is 0.626. The van der Waals surface area contributed by atoms with E-state index in [-0.39, 0.29) is 0 Å². The van der Waals surface area contributed by atoms with Crippen LogP contribution in [0.1, 0.15) is 0 Å². The van der Waals surface area contributed by atoms with E-state index in [1.54, 1.807) is 0 Å². The maximum absolute atomic E-state index is 10.3. The number of hydrogen-bond acceptors (Lipinski definition) is 4. The first kappa shape index (κ1) is 9.61. The van der Waals surface area contributed by atoms with Crippen LogP contribution in [0.4, 0.5) is 4.79 Å². The van der Waals surface area contributed by atoms with Crippen molar-refractivity contribution in [2.75, 3.05) is 0 Å². The summed E-state index contributed by atoms with van der Waals surface area (Å²) in [5.41, 5.74) is 0. The first-order chi connectivity index (χ1) is 5.20. The van der Waals surface area contributed by atoms with Crippen LogP contribution in [0.2, 0.25) is 0 Å². The van der Waals surface area contributed by atoms with E-state index in [4.69, 9.17) is 0 Å². The summed E-state index contributed by atoms with van der Waals surface area (Å²) in [4.78, 5) is 20.5. The molecule has 0 aliphatic heterocycles. The maximum atomic E-state index is 10.3. The fraction of sp³-hybridized carbons (Fsp3) is 0. The zero-order valence-corrected chi connectivity index (χ0v) is 5.57. The van der Waals surface area contributed by atoms with Gasteiger partial charge >= 0.3 is 27.7 Å². The van der Waals surface area contributed by atoms with Crippen molar-refractivity contribution >= 4 is 27.7 Å². The van der Waals surface area contributed by atoms with Gasteiger partial charge in [0.1, 0.15) is 0 Å². The fourth-order valence-corrected chi connectivity index (χ4v) is 0.218. The molecule has 0 spiro atoms. The van der Waals surface area contributed by atoms with Gasteiger partial charge in [0.15, 0.2) is 0 Å². The molecule has 0 aliphatic rings. The van der Waals surface area contributed by atoms with Gasteiger partial charge in [-0.05, 0) is 0 Å². The van der Waals surface area contributed by atoms with E-state index in [0.29, 0.717) is 0 Å². The van der Waals surface area contributed by atoms with Crippen LogP contribution in [-0.4, -0.2) is 27.7 Å². The van der Waals surface area contributed by atoms with Crippen LogP contribution in [0.25, 0.3) is 0 Å². The van der Waals surface area contributed by atoms with Crippen LogP contribution in [0.5, 0.6) is 0 Å². The summed E-state index contributed by atoms with van der Waals surface area (Å²) >= 11 is 0.